The molecule has 0 spiro atoms. The summed E-state index contributed by atoms with van der Waals surface area (Å²) in [6, 6.07) is 7.36. The van der Waals surface area contributed by atoms with Crippen molar-refractivity contribution < 1.29 is 18.7 Å². The number of rotatable bonds is 9. The summed E-state index contributed by atoms with van der Waals surface area (Å²) < 4.78 is 17.7. The average Bonchev–Trinajstić information content (AvgIpc) is 2.45. The molecule has 0 aliphatic rings. The molecule has 0 aliphatic carbocycles. The van der Waals surface area contributed by atoms with Crippen LogP contribution in [0.4, 0.5) is 0 Å². The molecule has 0 atom stereocenters. The molecule has 0 fully saturated rings. The summed E-state index contributed by atoms with van der Waals surface area (Å²) in [7, 11) is -1.74. The van der Waals surface area contributed by atoms with Crippen molar-refractivity contribution in [1.82, 2.24) is 0 Å². The Balaban J connectivity index is 2.16. The minimum Gasteiger partial charge on any atom is -0.486 e. The lowest BCUT2D eigenvalue weighted by Crippen LogP contribution is -2.41. The van der Waals surface area contributed by atoms with Crippen LogP contribution in [-0.4, -0.2) is 40.5 Å². The summed E-state index contributed by atoms with van der Waals surface area (Å²) in [4.78, 5) is 11.7. The predicted molar refractivity (Wildman–Crippen MR) is 98.6 cm³/mol. The summed E-state index contributed by atoms with van der Waals surface area (Å²) >= 11 is 3.35. The van der Waals surface area contributed by atoms with Crippen LogP contribution in [0.2, 0.25) is 18.1 Å². The van der Waals surface area contributed by atoms with Gasteiger partial charge in [-0.25, -0.2) is 0 Å². The van der Waals surface area contributed by atoms with E-state index in [1.165, 1.54) is 0 Å². The molecule has 1 aromatic carbocycles. The zero-order chi connectivity index (χ0) is 17.5. The standard InChI is InChI=1S/C17H27BrO4Si/c1-17(2,3)23(4,5)22-11-10-20-12-15(19)13-21-16-8-6-14(18)7-9-16/h6-9H,10-13H2,1-5H3. The molecule has 6 heteroatoms. The lowest BCUT2D eigenvalue weighted by molar-refractivity contribution is -0.125. The first-order valence-electron chi connectivity index (χ1n) is 7.73. The highest BCUT2D eigenvalue weighted by Gasteiger charge is 2.36. The second-order valence-corrected chi connectivity index (χ2v) is 12.7. The molecule has 0 aromatic heterocycles. The van der Waals surface area contributed by atoms with Gasteiger partial charge in [-0.1, -0.05) is 36.7 Å². The smallest absolute Gasteiger partial charge is 0.195 e. The molecule has 0 unspecified atom stereocenters. The maximum absolute atomic E-state index is 11.7. The monoisotopic (exact) mass is 402 g/mol. The number of carbonyl (C=O) groups excluding carboxylic acids is 1. The summed E-state index contributed by atoms with van der Waals surface area (Å²) in [5.41, 5.74) is 0. The van der Waals surface area contributed by atoms with Crippen LogP contribution in [0, 0.1) is 0 Å². The van der Waals surface area contributed by atoms with E-state index in [2.05, 4.69) is 49.8 Å². The molecule has 0 heterocycles. The van der Waals surface area contributed by atoms with Gasteiger partial charge in [-0.2, -0.15) is 0 Å². The van der Waals surface area contributed by atoms with Gasteiger partial charge < -0.3 is 13.9 Å². The average molecular weight is 403 g/mol. The molecule has 130 valence electrons. The Morgan fingerprint density at radius 3 is 2.26 bits per heavy atom. The first-order chi connectivity index (χ1) is 10.6. The van der Waals surface area contributed by atoms with E-state index in [0.29, 0.717) is 19.0 Å². The number of hydrogen-bond donors (Lipinski definition) is 0. The Bertz CT molecular complexity index is 494. The third-order valence-electron chi connectivity index (χ3n) is 3.97. The number of halogens is 1. The van der Waals surface area contributed by atoms with Crippen molar-refractivity contribution in [3.63, 3.8) is 0 Å². The molecule has 0 saturated carbocycles. The summed E-state index contributed by atoms with van der Waals surface area (Å²) in [5, 5.41) is 0.182. The zero-order valence-electron chi connectivity index (χ0n) is 14.6. The van der Waals surface area contributed by atoms with Gasteiger partial charge >= 0.3 is 0 Å². The highest BCUT2D eigenvalue weighted by atomic mass is 79.9. The fourth-order valence-corrected chi connectivity index (χ4v) is 2.79. The Morgan fingerprint density at radius 2 is 1.70 bits per heavy atom. The van der Waals surface area contributed by atoms with Crippen LogP contribution in [0.5, 0.6) is 5.75 Å². The van der Waals surface area contributed by atoms with Crippen LogP contribution in [0.1, 0.15) is 20.8 Å². The van der Waals surface area contributed by atoms with Gasteiger partial charge in [0.15, 0.2) is 14.1 Å². The molecule has 1 rings (SSSR count). The van der Waals surface area contributed by atoms with Gasteiger partial charge in [0.1, 0.15) is 19.0 Å². The molecule has 0 N–H and O–H groups in total. The lowest BCUT2D eigenvalue weighted by Gasteiger charge is -2.36. The topological polar surface area (TPSA) is 44.8 Å². The maximum Gasteiger partial charge on any atom is 0.195 e. The van der Waals surface area contributed by atoms with E-state index in [1.807, 2.05) is 24.3 Å². The fourth-order valence-electron chi connectivity index (χ4n) is 1.49. The van der Waals surface area contributed by atoms with Gasteiger partial charge in [-0.3, -0.25) is 4.79 Å². The van der Waals surface area contributed by atoms with Gasteiger partial charge in [0.05, 0.1) is 13.2 Å². The number of hydrogen-bond acceptors (Lipinski definition) is 4. The molecular weight excluding hydrogens is 376 g/mol. The van der Waals surface area contributed by atoms with Crippen molar-refractivity contribution in [3.8, 4) is 5.75 Å². The number of benzene rings is 1. The van der Waals surface area contributed by atoms with Crippen molar-refractivity contribution in [2.24, 2.45) is 0 Å². The first-order valence-corrected chi connectivity index (χ1v) is 11.4. The number of Topliss-reactive ketones (excluding diaryl/α,β-unsaturated/α-hetero) is 1. The van der Waals surface area contributed by atoms with E-state index in [9.17, 15) is 4.79 Å². The van der Waals surface area contributed by atoms with Crippen molar-refractivity contribution in [1.29, 1.82) is 0 Å². The van der Waals surface area contributed by atoms with Crippen molar-refractivity contribution >= 4 is 30.0 Å². The molecule has 0 aliphatic heterocycles. The van der Waals surface area contributed by atoms with Crippen molar-refractivity contribution in [3.05, 3.63) is 28.7 Å². The van der Waals surface area contributed by atoms with Crippen LogP contribution >= 0.6 is 15.9 Å². The van der Waals surface area contributed by atoms with E-state index in [1.54, 1.807) is 0 Å². The van der Waals surface area contributed by atoms with E-state index in [-0.39, 0.29) is 24.0 Å². The molecule has 0 bridgehead atoms. The lowest BCUT2D eigenvalue weighted by atomic mass is 10.2. The SMILES string of the molecule is CC(C)(C)[Si](C)(C)OCCOCC(=O)COc1ccc(Br)cc1. The van der Waals surface area contributed by atoms with Crippen molar-refractivity contribution in [2.75, 3.05) is 26.4 Å². The van der Waals surface area contributed by atoms with Gasteiger partial charge in [-0.15, -0.1) is 0 Å². The van der Waals surface area contributed by atoms with E-state index >= 15 is 0 Å². The maximum atomic E-state index is 11.7. The first kappa shape index (κ1) is 20.4. The highest BCUT2D eigenvalue weighted by molar-refractivity contribution is 9.10. The molecule has 0 saturated heterocycles. The molecule has 1 aromatic rings. The van der Waals surface area contributed by atoms with E-state index < -0.39 is 8.32 Å². The molecular formula is C17H27BrO4Si. The van der Waals surface area contributed by atoms with Gasteiger partial charge in [0, 0.05) is 4.47 Å². The number of carbonyl (C=O) groups is 1. The summed E-state index contributed by atoms with van der Waals surface area (Å²) in [6.45, 7) is 12.0. The minimum atomic E-state index is -1.74. The highest BCUT2D eigenvalue weighted by Crippen LogP contribution is 2.36. The molecule has 0 radical (unpaired) electrons. The predicted octanol–water partition coefficient (Wildman–Crippen LogP) is 4.44. The van der Waals surface area contributed by atoms with Crippen molar-refractivity contribution in [2.45, 2.75) is 38.9 Å². The van der Waals surface area contributed by atoms with Gasteiger partial charge in [0.25, 0.3) is 0 Å². The van der Waals surface area contributed by atoms with E-state index in [0.717, 1.165) is 4.47 Å². The number of ketones is 1. The van der Waals surface area contributed by atoms with Gasteiger partial charge in [-0.05, 0) is 42.4 Å². The van der Waals surface area contributed by atoms with Crippen LogP contribution in [0.15, 0.2) is 28.7 Å². The summed E-state index contributed by atoms with van der Waals surface area (Å²) in [6.07, 6.45) is 0. The largest absolute Gasteiger partial charge is 0.486 e. The Kier molecular flexibility index (Phi) is 7.93. The quantitative estimate of drug-likeness (QED) is 0.452. The Labute approximate surface area is 148 Å². The van der Waals surface area contributed by atoms with Gasteiger partial charge in [0.2, 0.25) is 0 Å². The second kappa shape index (κ2) is 8.96. The Hall–Kier alpha value is -0.693. The minimum absolute atomic E-state index is 0.0186. The molecule has 0 amide bonds. The van der Waals surface area contributed by atoms with Crippen LogP contribution in [0.25, 0.3) is 0 Å². The van der Waals surface area contributed by atoms with E-state index in [4.69, 9.17) is 13.9 Å². The normalized spacial score (nSPS) is 12.3. The second-order valence-electron chi connectivity index (χ2n) is 6.94. The number of ether oxygens (including phenoxy) is 2. The van der Waals surface area contributed by atoms with Crippen LogP contribution in [0.3, 0.4) is 0 Å². The fraction of sp³-hybridized carbons (Fsp3) is 0.588. The molecule has 4 nitrogen and oxygen atoms in total. The summed E-state index contributed by atoms with van der Waals surface area (Å²) in [5.74, 6) is 0.586. The van der Waals surface area contributed by atoms with Crippen LogP contribution < -0.4 is 4.74 Å². The molecule has 23 heavy (non-hydrogen) atoms. The third-order valence-corrected chi connectivity index (χ3v) is 9.04. The van der Waals surface area contributed by atoms with Crippen LogP contribution in [-0.2, 0) is 14.0 Å². The Morgan fingerprint density at radius 1 is 1.09 bits per heavy atom. The zero-order valence-corrected chi connectivity index (χ0v) is 17.2. The third kappa shape index (κ3) is 7.61.